The fraction of sp³-hybridized carbons (Fsp3) is 0.333. The van der Waals surface area contributed by atoms with E-state index in [1.54, 1.807) is 0 Å². The second kappa shape index (κ2) is 4.50. The van der Waals surface area contributed by atoms with E-state index in [0.717, 1.165) is 31.0 Å². The smallest absolute Gasteiger partial charge is 0.133 e. The largest absolute Gasteiger partial charge is 0.307 e. The van der Waals surface area contributed by atoms with Gasteiger partial charge in [-0.25, -0.2) is 9.97 Å². The second-order valence-corrected chi connectivity index (χ2v) is 4.92. The van der Waals surface area contributed by atoms with Gasteiger partial charge in [0, 0.05) is 30.8 Å². The summed E-state index contributed by atoms with van der Waals surface area (Å²) in [5.41, 5.74) is 6.12. The van der Waals surface area contributed by atoms with Crippen LogP contribution in [-0.2, 0) is 19.5 Å². The molecule has 0 atom stereocenters. The van der Waals surface area contributed by atoms with Gasteiger partial charge < -0.3 is 5.32 Å². The van der Waals surface area contributed by atoms with E-state index in [1.807, 2.05) is 0 Å². The maximum atomic E-state index is 4.66. The van der Waals surface area contributed by atoms with Gasteiger partial charge in [0.05, 0.1) is 5.69 Å². The Morgan fingerprint density at radius 1 is 1.06 bits per heavy atom. The molecule has 0 saturated heterocycles. The summed E-state index contributed by atoms with van der Waals surface area (Å²) >= 11 is 0. The van der Waals surface area contributed by atoms with E-state index in [1.165, 1.54) is 22.4 Å². The molecule has 1 aromatic carbocycles. The van der Waals surface area contributed by atoms with Crippen molar-refractivity contribution in [2.75, 3.05) is 0 Å². The molecule has 1 N–H and O–H groups in total. The Bertz CT molecular complexity index is 573. The first-order valence-electron chi connectivity index (χ1n) is 6.34. The molecule has 1 aliphatic rings. The minimum atomic E-state index is 0.814. The maximum Gasteiger partial charge on any atom is 0.133 e. The molecule has 0 unspecified atom stereocenters. The van der Waals surface area contributed by atoms with Gasteiger partial charge in [0.25, 0.3) is 0 Å². The van der Waals surface area contributed by atoms with Crippen molar-refractivity contribution in [2.24, 2.45) is 0 Å². The van der Waals surface area contributed by atoms with Crippen LogP contribution in [0.3, 0.4) is 0 Å². The van der Waals surface area contributed by atoms with E-state index in [9.17, 15) is 0 Å². The fourth-order valence-corrected chi connectivity index (χ4v) is 2.37. The van der Waals surface area contributed by atoms with Crippen molar-refractivity contribution in [1.82, 2.24) is 15.3 Å². The van der Waals surface area contributed by atoms with Crippen LogP contribution >= 0.6 is 0 Å². The van der Waals surface area contributed by atoms with Crippen molar-refractivity contribution in [3.63, 3.8) is 0 Å². The van der Waals surface area contributed by atoms with Crippen LogP contribution in [-0.4, -0.2) is 9.97 Å². The number of benzene rings is 1. The zero-order valence-electron chi connectivity index (χ0n) is 10.8. The minimum Gasteiger partial charge on any atom is -0.307 e. The van der Waals surface area contributed by atoms with Crippen LogP contribution in [0.15, 0.2) is 24.3 Å². The molecule has 0 saturated carbocycles. The molecule has 2 aromatic rings. The van der Waals surface area contributed by atoms with Crippen molar-refractivity contribution in [1.29, 1.82) is 0 Å². The highest BCUT2D eigenvalue weighted by molar-refractivity contribution is 5.30. The Morgan fingerprint density at radius 3 is 2.61 bits per heavy atom. The lowest BCUT2D eigenvalue weighted by Gasteiger charge is -2.06. The Morgan fingerprint density at radius 2 is 1.83 bits per heavy atom. The van der Waals surface area contributed by atoms with Crippen LogP contribution in [0, 0.1) is 13.8 Å². The number of nitrogens with zero attached hydrogens (tertiary/aromatic N) is 2. The highest BCUT2D eigenvalue weighted by atomic mass is 15.0. The topological polar surface area (TPSA) is 37.8 Å². The average Bonchev–Trinajstić information content (AvgIpc) is 2.81. The summed E-state index contributed by atoms with van der Waals surface area (Å²) in [5.74, 6) is 0.929. The molecule has 0 spiro atoms. The number of rotatable bonds is 2. The Hall–Kier alpha value is -1.74. The van der Waals surface area contributed by atoms with Crippen LogP contribution in [0.25, 0.3) is 0 Å². The van der Waals surface area contributed by atoms with E-state index < -0.39 is 0 Å². The van der Waals surface area contributed by atoms with Crippen LogP contribution < -0.4 is 5.32 Å². The number of hydrogen-bond donors (Lipinski definition) is 1. The SMILES string of the molecule is Cc1ccc(Cc2nc(C)c3c(n2)CNC3)cc1. The first-order chi connectivity index (χ1) is 8.72. The molecular formula is C15H17N3. The molecule has 2 heterocycles. The summed E-state index contributed by atoms with van der Waals surface area (Å²) < 4.78 is 0. The molecule has 0 radical (unpaired) electrons. The van der Waals surface area contributed by atoms with Crippen molar-refractivity contribution < 1.29 is 0 Å². The molecular weight excluding hydrogens is 222 g/mol. The van der Waals surface area contributed by atoms with Crippen LogP contribution in [0.4, 0.5) is 0 Å². The predicted octanol–water partition coefficient (Wildman–Crippen LogP) is 2.29. The molecule has 92 valence electrons. The van der Waals surface area contributed by atoms with Gasteiger partial charge in [0.1, 0.15) is 5.82 Å². The third-order valence-electron chi connectivity index (χ3n) is 3.42. The first kappa shape index (κ1) is 11.4. The van der Waals surface area contributed by atoms with E-state index in [0.29, 0.717) is 0 Å². The van der Waals surface area contributed by atoms with Crippen molar-refractivity contribution in [3.8, 4) is 0 Å². The van der Waals surface area contributed by atoms with Crippen LogP contribution in [0.1, 0.15) is 33.9 Å². The molecule has 3 rings (SSSR count). The summed E-state index contributed by atoms with van der Waals surface area (Å²) in [4.78, 5) is 9.27. The third-order valence-corrected chi connectivity index (χ3v) is 3.42. The maximum absolute atomic E-state index is 4.66. The average molecular weight is 239 g/mol. The van der Waals surface area contributed by atoms with E-state index in [-0.39, 0.29) is 0 Å². The zero-order valence-corrected chi connectivity index (χ0v) is 10.8. The zero-order chi connectivity index (χ0) is 12.5. The molecule has 1 aliphatic heterocycles. The summed E-state index contributed by atoms with van der Waals surface area (Å²) in [7, 11) is 0. The van der Waals surface area contributed by atoms with Gasteiger partial charge in [-0.3, -0.25) is 0 Å². The number of aromatic nitrogens is 2. The molecule has 18 heavy (non-hydrogen) atoms. The number of aryl methyl sites for hydroxylation is 2. The molecule has 3 nitrogen and oxygen atoms in total. The van der Waals surface area contributed by atoms with E-state index in [2.05, 4.69) is 53.4 Å². The first-order valence-corrected chi connectivity index (χ1v) is 6.34. The molecule has 0 amide bonds. The van der Waals surface area contributed by atoms with Gasteiger partial charge >= 0.3 is 0 Å². The lowest BCUT2D eigenvalue weighted by Crippen LogP contribution is -2.04. The monoisotopic (exact) mass is 239 g/mol. The summed E-state index contributed by atoms with van der Waals surface area (Å²) in [6.07, 6.45) is 0.814. The van der Waals surface area contributed by atoms with Gasteiger partial charge in [-0.1, -0.05) is 29.8 Å². The molecule has 1 aromatic heterocycles. The molecule has 0 aliphatic carbocycles. The number of nitrogens with one attached hydrogen (secondary N) is 1. The highest BCUT2D eigenvalue weighted by Crippen LogP contribution is 2.17. The standard InChI is InChI=1S/C15H17N3/c1-10-3-5-12(6-4-10)7-15-17-11(2)13-8-16-9-14(13)18-15/h3-6,16H,7-9H2,1-2H3. The van der Waals surface area contributed by atoms with E-state index >= 15 is 0 Å². The molecule has 0 fully saturated rings. The second-order valence-electron chi connectivity index (χ2n) is 4.92. The summed E-state index contributed by atoms with van der Waals surface area (Å²) in [6.45, 7) is 5.96. The molecule has 0 bridgehead atoms. The van der Waals surface area contributed by atoms with Gasteiger partial charge in [0.15, 0.2) is 0 Å². The van der Waals surface area contributed by atoms with Crippen molar-refractivity contribution >= 4 is 0 Å². The van der Waals surface area contributed by atoms with Gasteiger partial charge in [-0.15, -0.1) is 0 Å². The van der Waals surface area contributed by atoms with Crippen molar-refractivity contribution in [3.05, 3.63) is 58.2 Å². The van der Waals surface area contributed by atoms with Crippen molar-refractivity contribution in [2.45, 2.75) is 33.4 Å². The van der Waals surface area contributed by atoms with Crippen LogP contribution in [0.2, 0.25) is 0 Å². The van der Waals surface area contributed by atoms with Crippen LogP contribution in [0.5, 0.6) is 0 Å². The summed E-state index contributed by atoms with van der Waals surface area (Å²) in [6, 6.07) is 8.58. The third kappa shape index (κ3) is 2.14. The quantitative estimate of drug-likeness (QED) is 0.873. The normalized spacial score (nSPS) is 13.7. The predicted molar refractivity (Wildman–Crippen MR) is 71.3 cm³/mol. The Labute approximate surface area is 107 Å². The Kier molecular flexibility index (Phi) is 2.84. The number of hydrogen-bond acceptors (Lipinski definition) is 3. The lowest BCUT2D eigenvalue weighted by molar-refractivity contribution is 0.755. The van der Waals surface area contributed by atoms with Gasteiger partial charge in [0.2, 0.25) is 0 Å². The number of fused-ring (bicyclic) bond motifs is 1. The van der Waals surface area contributed by atoms with Gasteiger partial charge in [-0.2, -0.15) is 0 Å². The Balaban J connectivity index is 1.89. The lowest BCUT2D eigenvalue weighted by atomic mass is 10.1. The van der Waals surface area contributed by atoms with E-state index in [4.69, 9.17) is 0 Å². The molecule has 3 heteroatoms. The highest BCUT2D eigenvalue weighted by Gasteiger charge is 2.16. The van der Waals surface area contributed by atoms with Gasteiger partial charge in [-0.05, 0) is 19.4 Å². The fourth-order valence-electron chi connectivity index (χ4n) is 2.37. The summed E-state index contributed by atoms with van der Waals surface area (Å²) in [5, 5.41) is 3.32. The minimum absolute atomic E-state index is 0.814.